The van der Waals surface area contributed by atoms with Crippen LogP contribution in [-0.4, -0.2) is 12.1 Å². The largest absolute Gasteiger partial charge is 0.462 e. The van der Waals surface area contributed by atoms with Gasteiger partial charge in [0.2, 0.25) is 0 Å². The van der Waals surface area contributed by atoms with Gasteiger partial charge in [0.25, 0.3) is 0 Å². The maximum Gasteiger partial charge on any atom is 0.310 e. The van der Waals surface area contributed by atoms with Gasteiger partial charge in [-0.1, -0.05) is 19.8 Å². The Hall–Kier alpha value is -0.530. The SMILES string of the molecule is CC[CH]C(=O)OC1CCCCCC1. The molecule has 0 saturated heterocycles. The summed E-state index contributed by atoms with van der Waals surface area (Å²) in [6.45, 7) is 1.95. The Morgan fingerprint density at radius 3 is 2.46 bits per heavy atom. The van der Waals surface area contributed by atoms with Gasteiger partial charge in [0.05, 0.1) is 6.42 Å². The number of carbonyl (C=O) groups excluding carboxylic acids is 1. The van der Waals surface area contributed by atoms with Gasteiger partial charge in [-0.05, 0) is 32.1 Å². The molecule has 1 rings (SSSR count). The molecule has 2 nitrogen and oxygen atoms in total. The van der Waals surface area contributed by atoms with Crippen LogP contribution in [-0.2, 0) is 9.53 Å². The van der Waals surface area contributed by atoms with E-state index in [-0.39, 0.29) is 12.1 Å². The van der Waals surface area contributed by atoms with Gasteiger partial charge in [-0.3, -0.25) is 4.79 Å². The normalized spacial score (nSPS) is 19.5. The van der Waals surface area contributed by atoms with Crippen LogP contribution in [0.1, 0.15) is 51.9 Å². The predicted molar refractivity (Wildman–Crippen MR) is 52.2 cm³/mol. The molecule has 1 radical (unpaired) electrons. The number of hydrogen-bond acceptors (Lipinski definition) is 2. The summed E-state index contributed by atoms with van der Waals surface area (Å²) in [5.41, 5.74) is 0. The summed E-state index contributed by atoms with van der Waals surface area (Å²) >= 11 is 0. The highest BCUT2D eigenvalue weighted by Crippen LogP contribution is 2.20. The molecule has 1 aliphatic carbocycles. The molecule has 1 fully saturated rings. The first-order valence-corrected chi connectivity index (χ1v) is 5.36. The zero-order valence-electron chi connectivity index (χ0n) is 8.42. The topological polar surface area (TPSA) is 26.3 Å². The molecular weight excluding hydrogens is 164 g/mol. The molecule has 2 heteroatoms. The summed E-state index contributed by atoms with van der Waals surface area (Å²) in [7, 11) is 0. The third-order valence-electron chi connectivity index (χ3n) is 2.46. The fourth-order valence-electron chi connectivity index (χ4n) is 1.74. The van der Waals surface area contributed by atoms with Crippen LogP contribution in [0, 0.1) is 6.42 Å². The summed E-state index contributed by atoms with van der Waals surface area (Å²) < 4.78 is 5.32. The van der Waals surface area contributed by atoms with E-state index in [2.05, 4.69) is 0 Å². The lowest BCUT2D eigenvalue weighted by Gasteiger charge is -2.14. The molecule has 0 amide bonds. The van der Waals surface area contributed by atoms with Crippen molar-refractivity contribution in [3.8, 4) is 0 Å². The average molecular weight is 183 g/mol. The van der Waals surface area contributed by atoms with Gasteiger partial charge in [-0.2, -0.15) is 0 Å². The lowest BCUT2D eigenvalue weighted by atomic mass is 10.1. The van der Waals surface area contributed by atoms with Crippen molar-refractivity contribution in [2.45, 2.75) is 58.0 Å². The molecule has 0 aromatic carbocycles. The molecule has 0 unspecified atom stereocenters. The van der Waals surface area contributed by atoms with Crippen molar-refractivity contribution in [2.75, 3.05) is 0 Å². The molecule has 0 aliphatic heterocycles. The Labute approximate surface area is 80.7 Å². The van der Waals surface area contributed by atoms with E-state index in [1.807, 2.05) is 6.92 Å². The van der Waals surface area contributed by atoms with E-state index >= 15 is 0 Å². The second-order valence-corrected chi connectivity index (χ2v) is 3.66. The van der Waals surface area contributed by atoms with Gasteiger partial charge < -0.3 is 4.74 Å². The van der Waals surface area contributed by atoms with Crippen molar-refractivity contribution >= 4 is 5.97 Å². The molecular formula is C11H19O2. The van der Waals surface area contributed by atoms with Crippen LogP contribution in [0.4, 0.5) is 0 Å². The molecule has 0 bridgehead atoms. The Balaban J connectivity index is 2.21. The fraction of sp³-hybridized carbons (Fsp3) is 0.818. The smallest absolute Gasteiger partial charge is 0.310 e. The van der Waals surface area contributed by atoms with E-state index in [9.17, 15) is 4.79 Å². The van der Waals surface area contributed by atoms with E-state index in [0.29, 0.717) is 0 Å². The molecule has 0 aromatic rings. The molecule has 13 heavy (non-hydrogen) atoms. The minimum atomic E-state index is -0.130. The van der Waals surface area contributed by atoms with Crippen LogP contribution in [0.15, 0.2) is 0 Å². The second kappa shape index (κ2) is 6.01. The van der Waals surface area contributed by atoms with Gasteiger partial charge in [-0.15, -0.1) is 0 Å². The summed E-state index contributed by atoms with van der Waals surface area (Å²) in [6.07, 6.45) is 9.71. The summed E-state index contributed by atoms with van der Waals surface area (Å²) in [5.74, 6) is -0.130. The standard InChI is InChI=1S/C11H19O2/c1-2-7-11(12)13-10-8-5-3-4-6-9-10/h7,10H,2-6,8-9H2,1H3. The van der Waals surface area contributed by atoms with Crippen LogP contribution in [0.5, 0.6) is 0 Å². The molecule has 0 N–H and O–H groups in total. The van der Waals surface area contributed by atoms with Gasteiger partial charge in [0, 0.05) is 0 Å². The van der Waals surface area contributed by atoms with E-state index in [4.69, 9.17) is 4.74 Å². The highest BCUT2D eigenvalue weighted by atomic mass is 16.5. The van der Waals surface area contributed by atoms with Gasteiger partial charge in [-0.25, -0.2) is 0 Å². The molecule has 1 aliphatic rings. The van der Waals surface area contributed by atoms with Gasteiger partial charge in [0.1, 0.15) is 6.10 Å². The van der Waals surface area contributed by atoms with Crippen molar-refractivity contribution < 1.29 is 9.53 Å². The summed E-state index contributed by atoms with van der Waals surface area (Å²) in [5, 5.41) is 0. The number of esters is 1. The van der Waals surface area contributed by atoms with Crippen LogP contribution in [0.2, 0.25) is 0 Å². The summed E-state index contributed by atoms with van der Waals surface area (Å²) in [4.78, 5) is 11.1. The number of hydrogen-bond donors (Lipinski definition) is 0. The molecule has 0 heterocycles. The highest BCUT2D eigenvalue weighted by Gasteiger charge is 2.15. The van der Waals surface area contributed by atoms with Crippen molar-refractivity contribution in [2.24, 2.45) is 0 Å². The molecule has 75 valence electrons. The number of carbonyl (C=O) groups is 1. The lowest BCUT2D eigenvalue weighted by molar-refractivity contribution is -0.145. The zero-order chi connectivity index (χ0) is 9.52. The van der Waals surface area contributed by atoms with E-state index in [1.54, 1.807) is 6.42 Å². The van der Waals surface area contributed by atoms with E-state index in [0.717, 1.165) is 19.3 Å². The average Bonchev–Trinajstić information content (AvgIpc) is 2.33. The molecule has 0 atom stereocenters. The predicted octanol–water partition coefficient (Wildman–Crippen LogP) is 2.87. The van der Waals surface area contributed by atoms with Crippen molar-refractivity contribution in [1.82, 2.24) is 0 Å². The van der Waals surface area contributed by atoms with Crippen LogP contribution in [0.3, 0.4) is 0 Å². The van der Waals surface area contributed by atoms with Crippen molar-refractivity contribution in [1.29, 1.82) is 0 Å². The third kappa shape index (κ3) is 4.30. The number of ether oxygens (including phenoxy) is 1. The first-order valence-electron chi connectivity index (χ1n) is 5.36. The first kappa shape index (κ1) is 10.6. The summed E-state index contributed by atoms with van der Waals surface area (Å²) in [6, 6.07) is 0. The minimum Gasteiger partial charge on any atom is -0.462 e. The fourth-order valence-corrected chi connectivity index (χ4v) is 1.74. The van der Waals surface area contributed by atoms with Crippen molar-refractivity contribution in [3.63, 3.8) is 0 Å². The molecule has 0 spiro atoms. The zero-order valence-corrected chi connectivity index (χ0v) is 8.42. The second-order valence-electron chi connectivity index (χ2n) is 3.66. The van der Waals surface area contributed by atoms with E-state index in [1.165, 1.54) is 25.7 Å². The Morgan fingerprint density at radius 2 is 1.92 bits per heavy atom. The molecule has 0 aromatic heterocycles. The maximum absolute atomic E-state index is 11.1. The highest BCUT2D eigenvalue weighted by molar-refractivity contribution is 5.78. The molecule has 1 saturated carbocycles. The van der Waals surface area contributed by atoms with Crippen LogP contribution in [0.25, 0.3) is 0 Å². The van der Waals surface area contributed by atoms with Crippen LogP contribution >= 0.6 is 0 Å². The van der Waals surface area contributed by atoms with E-state index < -0.39 is 0 Å². The Morgan fingerprint density at radius 1 is 1.31 bits per heavy atom. The third-order valence-corrected chi connectivity index (χ3v) is 2.46. The quantitative estimate of drug-likeness (QED) is 0.496. The van der Waals surface area contributed by atoms with Gasteiger partial charge >= 0.3 is 5.97 Å². The lowest BCUT2D eigenvalue weighted by Crippen LogP contribution is -2.17. The monoisotopic (exact) mass is 183 g/mol. The Bertz CT molecular complexity index is 146. The Kier molecular flexibility index (Phi) is 4.87. The maximum atomic E-state index is 11.1. The van der Waals surface area contributed by atoms with Crippen molar-refractivity contribution in [3.05, 3.63) is 6.42 Å². The minimum absolute atomic E-state index is 0.130. The van der Waals surface area contributed by atoms with Gasteiger partial charge in [0.15, 0.2) is 0 Å². The van der Waals surface area contributed by atoms with Crippen LogP contribution < -0.4 is 0 Å². The first-order chi connectivity index (χ1) is 6.33. The number of rotatable bonds is 3.